The highest BCUT2D eigenvalue weighted by Gasteiger charge is 2.13. The van der Waals surface area contributed by atoms with Crippen molar-refractivity contribution in [2.24, 2.45) is 0 Å². The van der Waals surface area contributed by atoms with Crippen molar-refractivity contribution in [2.45, 2.75) is 6.92 Å². The van der Waals surface area contributed by atoms with Crippen molar-refractivity contribution < 1.29 is 9.63 Å². The van der Waals surface area contributed by atoms with Gasteiger partial charge in [-0.15, -0.1) is 0 Å². The lowest BCUT2D eigenvalue weighted by Crippen LogP contribution is -2.39. The molecule has 0 spiro atoms. The summed E-state index contributed by atoms with van der Waals surface area (Å²) in [4.78, 5) is 18.7. The molecule has 0 aliphatic rings. The zero-order valence-corrected chi connectivity index (χ0v) is 13.1. The van der Waals surface area contributed by atoms with Crippen LogP contribution in [0.2, 0.25) is 10.0 Å². The molecule has 0 saturated heterocycles. The number of urea groups is 1. The number of hydrogen-bond donors (Lipinski definition) is 1. The molecule has 0 heterocycles. The summed E-state index contributed by atoms with van der Waals surface area (Å²) >= 11 is 11.8. The molecular weight excluding hydrogens is 311 g/mol. The molecule has 0 atom stereocenters. The number of hydrogen-bond acceptors (Lipinski definition) is 2. The van der Waals surface area contributed by atoms with Crippen molar-refractivity contribution in [1.82, 2.24) is 5.48 Å². The first-order valence-corrected chi connectivity index (χ1v) is 6.96. The van der Waals surface area contributed by atoms with Gasteiger partial charge >= 0.3 is 6.03 Å². The van der Waals surface area contributed by atoms with E-state index in [2.05, 4.69) is 5.48 Å². The highest BCUT2D eigenvalue weighted by Crippen LogP contribution is 2.27. The highest BCUT2D eigenvalue weighted by atomic mass is 35.5. The molecule has 0 aromatic heterocycles. The van der Waals surface area contributed by atoms with E-state index >= 15 is 0 Å². The SMILES string of the molecule is Cc1ccccc1N(C)C(=O)NOc1cc(Cl)ccc1Cl. The summed E-state index contributed by atoms with van der Waals surface area (Å²) in [7, 11) is 1.65. The van der Waals surface area contributed by atoms with Crippen LogP contribution in [0.25, 0.3) is 0 Å². The first-order valence-electron chi connectivity index (χ1n) is 6.20. The molecule has 110 valence electrons. The number of anilines is 1. The Morgan fingerprint density at radius 2 is 1.90 bits per heavy atom. The molecule has 2 amide bonds. The summed E-state index contributed by atoms with van der Waals surface area (Å²) in [6, 6.07) is 11.9. The smallest absolute Gasteiger partial charge is 0.354 e. The number of nitrogens with zero attached hydrogens (tertiary/aromatic N) is 1. The van der Waals surface area contributed by atoms with E-state index in [-0.39, 0.29) is 5.75 Å². The van der Waals surface area contributed by atoms with Crippen molar-refractivity contribution >= 4 is 34.9 Å². The first-order chi connectivity index (χ1) is 9.99. The minimum Gasteiger partial charge on any atom is -0.376 e. The van der Waals surface area contributed by atoms with Crippen LogP contribution in [0.1, 0.15) is 5.56 Å². The van der Waals surface area contributed by atoms with E-state index in [1.165, 1.54) is 11.0 Å². The van der Waals surface area contributed by atoms with Gasteiger partial charge in [-0.3, -0.25) is 4.90 Å². The molecule has 2 aromatic rings. The molecule has 2 aromatic carbocycles. The molecule has 2 rings (SSSR count). The van der Waals surface area contributed by atoms with Crippen molar-refractivity contribution in [3.05, 3.63) is 58.1 Å². The normalized spacial score (nSPS) is 10.1. The average molecular weight is 325 g/mol. The van der Waals surface area contributed by atoms with Gasteiger partial charge in [-0.25, -0.2) is 4.79 Å². The predicted octanol–water partition coefficient (Wildman–Crippen LogP) is 4.44. The van der Waals surface area contributed by atoms with E-state index in [0.717, 1.165) is 11.3 Å². The Balaban J connectivity index is 2.05. The van der Waals surface area contributed by atoms with Gasteiger partial charge in [-0.05, 0) is 30.7 Å². The highest BCUT2D eigenvalue weighted by molar-refractivity contribution is 6.34. The molecule has 21 heavy (non-hydrogen) atoms. The Morgan fingerprint density at radius 3 is 2.62 bits per heavy atom. The molecule has 0 fully saturated rings. The number of carbonyl (C=O) groups is 1. The first kappa shape index (κ1) is 15.5. The van der Waals surface area contributed by atoms with Gasteiger partial charge in [0, 0.05) is 23.8 Å². The maximum atomic E-state index is 12.1. The Bertz CT molecular complexity index is 662. The summed E-state index contributed by atoms with van der Waals surface area (Å²) in [6.07, 6.45) is 0. The molecule has 0 aliphatic heterocycles. The number of carbonyl (C=O) groups excluding carboxylic acids is 1. The Labute approximate surface area is 133 Å². The van der Waals surface area contributed by atoms with E-state index in [1.54, 1.807) is 19.2 Å². The van der Waals surface area contributed by atoms with Crippen LogP contribution in [0, 0.1) is 6.92 Å². The number of halogens is 2. The number of benzene rings is 2. The van der Waals surface area contributed by atoms with Crippen molar-refractivity contribution in [1.29, 1.82) is 0 Å². The van der Waals surface area contributed by atoms with Gasteiger partial charge in [0.05, 0.1) is 5.02 Å². The minimum atomic E-state index is -0.416. The third kappa shape index (κ3) is 3.80. The molecule has 0 saturated carbocycles. The Morgan fingerprint density at radius 1 is 1.19 bits per heavy atom. The second-order valence-electron chi connectivity index (χ2n) is 4.43. The van der Waals surface area contributed by atoms with Crippen LogP contribution in [0.4, 0.5) is 10.5 Å². The van der Waals surface area contributed by atoms with Crippen molar-refractivity contribution in [3.63, 3.8) is 0 Å². The zero-order valence-electron chi connectivity index (χ0n) is 11.6. The van der Waals surface area contributed by atoms with Crippen LogP contribution < -0.4 is 15.2 Å². The molecule has 0 aliphatic carbocycles. The van der Waals surface area contributed by atoms with Gasteiger partial charge in [-0.1, -0.05) is 41.4 Å². The molecule has 6 heteroatoms. The van der Waals surface area contributed by atoms with E-state index in [0.29, 0.717) is 10.0 Å². The summed E-state index contributed by atoms with van der Waals surface area (Å²) in [6.45, 7) is 1.92. The molecule has 0 bridgehead atoms. The lowest BCUT2D eigenvalue weighted by Gasteiger charge is -2.20. The fourth-order valence-corrected chi connectivity index (χ4v) is 2.09. The van der Waals surface area contributed by atoms with Crippen molar-refractivity contribution in [3.8, 4) is 5.75 Å². The predicted molar refractivity (Wildman–Crippen MR) is 85.2 cm³/mol. The lowest BCUT2D eigenvalue weighted by atomic mass is 10.2. The molecular formula is C15H14Cl2N2O2. The van der Waals surface area contributed by atoms with Crippen LogP contribution in [0.15, 0.2) is 42.5 Å². The van der Waals surface area contributed by atoms with E-state index in [9.17, 15) is 4.79 Å². The van der Waals surface area contributed by atoms with Gasteiger partial charge in [0.1, 0.15) is 0 Å². The second-order valence-corrected chi connectivity index (χ2v) is 5.27. The number of aryl methyl sites for hydroxylation is 1. The van der Waals surface area contributed by atoms with Crippen LogP contribution in [-0.4, -0.2) is 13.1 Å². The van der Waals surface area contributed by atoms with Gasteiger partial charge in [0.15, 0.2) is 5.75 Å². The maximum Gasteiger partial charge on any atom is 0.354 e. The summed E-state index contributed by atoms with van der Waals surface area (Å²) < 4.78 is 0. The number of rotatable bonds is 3. The Kier molecular flexibility index (Phi) is 4.94. The molecule has 0 radical (unpaired) electrons. The Hall–Kier alpha value is -1.91. The fraction of sp³-hybridized carbons (Fsp3) is 0.133. The topological polar surface area (TPSA) is 41.6 Å². The van der Waals surface area contributed by atoms with Crippen LogP contribution in [-0.2, 0) is 0 Å². The number of amides is 2. The quantitative estimate of drug-likeness (QED) is 0.848. The summed E-state index contributed by atoms with van der Waals surface area (Å²) in [5, 5.41) is 0.828. The van der Waals surface area contributed by atoms with Gasteiger partial charge in [-0.2, -0.15) is 5.48 Å². The summed E-state index contributed by atoms with van der Waals surface area (Å²) in [5.41, 5.74) is 4.11. The van der Waals surface area contributed by atoms with Gasteiger partial charge < -0.3 is 4.84 Å². The molecule has 4 nitrogen and oxygen atoms in total. The van der Waals surface area contributed by atoms with E-state index < -0.39 is 6.03 Å². The zero-order chi connectivity index (χ0) is 15.4. The molecule has 1 N–H and O–H groups in total. The number of hydroxylamine groups is 1. The number of nitrogens with one attached hydrogen (secondary N) is 1. The summed E-state index contributed by atoms with van der Waals surface area (Å²) in [5.74, 6) is 0.288. The number of para-hydroxylation sites is 1. The third-order valence-electron chi connectivity index (χ3n) is 2.92. The van der Waals surface area contributed by atoms with Crippen LogP contribution in [0.3, 0.4) is 0 Å². The van der Waals surface area contributed by atoms with Crippen LogP contribution in [0.5, 0.6) is 5.75 Å². The monoisotopic (exact) mass is 324 g/mol. The largest absolute Gasteiger partial charge is 0.376 e. The second kappa shape index (κ2) is 6.70. The van der Waals surface area contributed by atoms with Crippen LogP contribution >= 0.6 is 23.2 Å². The fourth-order valence-electron chi connectivity index (χ4n) is 1.77. The van der Waals surface area contributed by atoms with Crippen molar-refractivity contribution in [2.75, 3.05) is 11.9 Å². The average Bonchev–Trinajstić information content (AvgIpc) is 2.47. The van der Waals surface area contributed by atoms with E-state index in [4.69, 9.17) is 28.0 Å². The maximum absolute atomic E-state index is 12.1. The minimum absolute atomic E-state index is 0.288. The van der Waals surface area contributed by atoms with E-state index in [1.807, 2.05) is 31.2 Å². The van der Waals surface area contributed by atoms with Gasteiger partial charge in [0.2, 0.25) is 0 Å². The third-order valence-corrected chi connectivity index (χ3v) is 3.47. The lowest BCUT2D eigenvalue weighted by molar-refractivity contribution is 0.184. The molecule has 0 unspecified atom stereocenters. The standard InChI is InChI=1S/C15H14Cl2N2O2/c1-10-5-3-4-6-13(10)19(2)15(20)18-21-14-9-11(16)7-8-12(14)17/h3-9H,1-2H3,(H,18,20). The van der Waals surface area contributed by atoms with Gasteiger partial charge in [0.25, 0.3) is 0 Å².